The second kappa shape index (κ2) is 10.5. The van der Waals surface area contributed by atoms with Gasteiger partial charge in [-0.05, 0) is 49.4 Å². The van der Waals surface area contributed by atoms with Crippen LogP contribution in [0.3, 0.4) is 0 Å². The van der Waals surface area contributed by atoms with Crippen LogP contribution in [0.25, 0.3) is 0 Å². The minimum absolute atomic E-state index is 0.00745. The smallest absolute Gasteiger partial charge is 0.243 e. The monoisotopic (exact) mass is 446 g/mol. The maximum absolute atomic E-state index is 12.8. The number of hydrogen-bond acceptors (Lipinski definition) is 6. The van der Waals surface area contributed by atoms with E-state index in [0.29, 0.717) is 49.9 Å². The number of hydrogen-bond donors (Lipinski definition) is 1. The summed E-state index contributed by atoms with van der Waals surface area (Å²) in [5, 5.41) is 2.67. The summed E-state index contributed by atoms with van der Waals surface area (Å²) in [5.41, 5.74) is 0.878. The van der Waals surface area contributed by atoms with E-state index in [1.165, 1.54) is 16.4 Å². The van der Waals surface area contributed by atoms with Crippen molar-refractivity contribution in [1.82, 2.24) is 4.31 Å². The number of amides is 1. The van der Waals surface area contributed by atoms with Gasteiger partial charge in [-0.25, -0.2) is 8.42 Å². The summed E-state index contributed by atoms with van der Waals surface area (Å²) in [7, 11) is -3.65. The molecular formula is C22H26N2O6S. The molecule has 0 radical (unpaired) electrons. The van der Waals surface area contributed by atoms with Gasteiger partial charge in [0.1, 0.15) is 5.75 Å². The Labute approximate surface area is 182 Å². The second-order valence-electron chi connectivity index (χ2n) is 6.97. The third-order valence-electron chi connectivity index (χ3n) is 4.79. The lowest BCUT2D eigenvalue weighted by molar-refractivity contribution is -0.116. The van der Waals surface area contributed by atoms with Gasteiger partial charge in [-0.3, -0.25) is 9.59 Å². The summed E-state index contributed by atoms with van der Waals surface area (Å²) in [6.07, 6.45) is 0.0398. The third kappa shape index (κ3) is 6.13. The van der Waals surface area contributed by atoms with Crippen molar-refractivity contribution in [3.63, 3.8) is 0 Å². The van der Waals surface area contributed by atoms with Crippen molar-refractivity contribution in [2.24, 2.45) is 0 Å². The number of ketones is 1. The van der Waals surface area contributed by atoms with Crippen molar-refractivity contribution in [3.05, 3.63) is 54.1 Å². The number of anilines is 1. The highest BCUT2D eigenvalue weighted by molar-refractivity contribution is 7.89. The van der Waals surface area contributed by atoms with E-state index in [0.717, 1.165) is 0 Å². The molecule has 166 valence electrons. The number of Topliss-reactive ketones (excluding diaryl/α,β-unsaturated/α-hetero) is 1. The van der Waals surface area contributed by atoms with Crippen molar-refractivity contribution in [3.8, 4) is 5.75 Å². The van der Waals surface area contributed by atoms with Crippen LogP contribution in [0, 0.1) is 0 Å². The molecule has 0 unspecified atom stereocenters. The largest absolute Gasteiger partial charge is 0.494 e. The van der Waals surface area contributed by atoms with Gasteiger partial charge in [-0.2, -0.15) is 4.31 Å². The van der Waals surface area contributed by atoms with Gasteiger partial charge in [0.2, 0.25) is 15.9 Å². The number of benzene rings is 2. The average Bonchev–Trinajstić information content (AvgIpc) is 2.79. The van der Waals surface area contributed by atoms with E-state index in [4.69, 9.17) is 9.47 Å². The lowest BCUT2D eigenvalue weighted by atomic mass is 10.1. The molecule has 0 aliphatic carbocycles. The Morgan fingerprint density at radius 1 is 1.06 bits per heavy atom. The molecule has 0 saturated carbocycles. The molecule has 0 atom stereocenters. The zero-order chi connectivity index (χ0) is 22.3. The van der Waals surface area contributed by atoms with Crippen LogP contribution in [0.2, 0.25) is 0 Å². The molecule has 1 N–H and O–H groups in total. The Bertz CT molecular complexity index is 1010. The van der Waals surface area contributed by atoms with Gasteiger partial charge >= 0.3 is 0 Å². The van der Waals surface area contributed by atoms with E-state index in [9.17, 15) is 18.0 Å². The van der Waals surface area contributed by atoms with Crippen LogP contribution in [-0.4, -0.2) is 57.3 Å². The highest BCUT2D eigenvalue weighted by Crippen LogP contribution is 2.21. The van der Waals surface area contributed by atoms with Crippen LogP contribution >= 0.6 is 0 Å². The van der Waals surface area contributed by atoms with Gasteiger partial charge in [0, 0.05) is 37.2 Å². The molecule has 1 aliphatic heterocycles. The molecule has 3 rings (SSSR count). The summed E-state index contributed by atoms with van der Waals surface area (Å²) in [6.45, 7) is 3.74. The van der Waals surface area contributed by atoms with Crippen LogP contribution < -0.4 is 10.1 Å². The minimum Gasteiger partial charge on any atom is -0.494 e. The van der Waals surface area contributed by atoms with Crippen molar-refractivity contribution < 1.29 is 27.5 Å². The maximum atomic E-state index is 12.8. The Balaban J connectivity index is 1.57. The summed E-state index contributed by atoms with van der Waals surface area (Å²) < 4.78 is 37.5. The molecule has 1 saturated heterocycles. The normalized spacial score (nSPS) is 14.7. The Morgan fingerprint density at radius 2 is 1.77 bits per heavy atom. The molecule has 0 bridgehead atoms. The quantitative estimate of drug-likeness (QED) is 0.594. The third-order valence-corrected chi connectivity index (χ3v) is 6.69. The first kappa shape index (κ1) is 22.9. The van der Waals surface area contributed by atoms with Crippen LogP contribution in [0.1, 0.15) is 30.1 Å². The Hall–Kier alpha value is -2.75. The first-order valence-corrected chi connectivity index (χ1v) is 11.6. The summed E-state index contributed by atoms with van der Waals surface area (Å²) in [5.74, 6) is 0.172. The number of nitrogens with zero attached hydrogens (tertiary/aromatic N) is 1. The number of carbonyl (C=O) groups excluding carboxylic acids is 2. The molecule has 2 aromatic carbocycles. The zero-order valence-electron chi connectivity index (χ0n) is 17.4. The fourth-order valence-electron chi connectivity index (χ4n) is 3.17. The highest BCUT2D eigenvalue weighted by atomic mass is 32.2. The summed E-state index contributed by atoms with van der Waals surface area (Å²) >= 11 is 0. The van der Waals surface area contributed by atoms with Crippen molar-refractivity contribution in [2.45, 2.75) is 24.7 Å². The first-order valence-electron chi connectivity index (χ1n) is 10.1. The summed E-state index contributed by atoms with van der Waals surface area (Å²) in [4.78, 5) is 24.7. The van der Waals surface area contributed by atoms with E-state index >= 15 is 0 Å². The van der Waals surface area contributed by atoms with Gasteiger partial charge < -0.3 is 14.8 Å². The van der Waals surface area contributed by atoms with Gasteiger partial charge in [0.15, 0.2) is 5.78 Å². The molecule has 1 fully saturated rings. The maximum Gasteiger partial charge on any atom is 0.243 e. The molecule has 2 aromatic rings. The number of rotatable bonds is 9. The fourth-order valence-corrected chi connectivity index (χ4v) is 4.62. The lowest BCUT2D eigenvalue weighted by Crippen LogP contribution is -2.40. The van der Waals surface area contributed by atoms with Gasteiger partial charge in [-0.15, -0.1) is 0 Å². The molecular weight excluding hydrogens is 420 g/mol. The van der Waals surface area contributed by atoms with E-state index in [2.05, 4.69) is 5.32 Å². The predicted octanol–water partition coefficient (Wildman–Crippen LogP) is 2.71. The van der Waals surface area contributed by atoms with Crippen LogP contribution in [0.15, 0.2) is 53.4 Å². The lowest BCUT2D eigenvalue weighted by Gasteiger charge is -2.26. The van der Waals surface area contributed by atoms with Crippen molar-refractivity contribution in [1.29, 1.82) is 0 Å². The topological polar surface area (TPSA) is 102 Å². The number of nitrogens with one attached hydrogen (secondary N) is 1. The van der Waals surface area contributed by atoms with E-state index in [1.54, 1.807) is 36.4 Å². The Morgan fingerprint density at radius 3 is 2.45 bits per heavy atom. The molecule has 1 aliphatic rings. The zero-order valence-corrected chi connectivity index (χ0v) is 18.2. The van der Waals surface area contributed by atoms with Gasteiger partial charge in [-0.1, -0.05) is 6.07 Å². The number of morpholine rings is 1. The SMILES string of the molecule is CCOc1ccc(C(=O)CCC(=O)Nc2cccc(S(=O)(=O)N3CCOCC3)c2)cc1. The van der Waals surface area contributed by atoms with Crippen LogP contribution in [0.4, 0.5) is 5.69 Å². The molecule has 1 amide bonds. The van der Waals surface area contributed by atoms with E-state index in [-0.39, 0.29) is 29.4 Å². The molecule has 0 spiro atoms. The van der Waals surface area contributed by atoms with Gasteiger partial charge in [0.25, 0.3) is 0 Å². The van der Waals surface area contributed by atoms with Gasteiger partial charge in [0.05, 0.1) is 24.7 Å². The Kier molecular flexibility index (Phi) is 7.78. The van der Waals surface area contributed by atoms with E-state index in [1.807, 2.05) is 6.92 Å². The predicted molar refractivity (Wildman–Crippen MR) is 116 cm³/mol. The number of sulfonamides is 1. The molecule has 8 nitrogen and oxygen atoms in total. The van der Waals surface area contributed by atoms with E-state index < -0.39 is 10.0 Å². The minimum atomic E-state index is -3.65. The van der Waals surface area contributed by atoms with Crippen molar-refractivity contribution >= 4 is 27.4 Å². The highest BCUT2D eigenvalue weighted by Gasteiger charge is 2.26. The first-order chi connectivity index (χ1) is 14.9. The molecule has 9 heteroatoms. The number of carbonyl (C=O) groups is 2. The van der Waals surface area contributed by atoms with Crippen LogP contribution in [-0.2, 0) is 19.6 Å². The second-order valence-corrected chi connectivity index (χ2v) is 8.91. The van der Waals surface area contributed by atoms with Crippen LogP contribution in [0.5, 0.6) is 5.75 Å². The van der Waals surface area contributed by atoms with Crippen molar-refractivity contribution in [2.75, 3.05) is 38.2 Å². The average molecular weight is 447 g/mol. The fraction of sp³-hybridized carbons (Fsp3) is 0.364. The number of ether oxygens (including phenoxy) is 2. The molecule has 1 heterocycles. The molecule has 0 aromatic heterocycles. The molecule has 31 heavy (non-hydrogen) atoms. The standard InChI is InChI=1S/C22H26N2O6S/c1-2-30-19-8-6-17(7-9-19)21(25)10-11-22(26)23-18-4-3-5-20(16-18)31(27,28)24-12-14-29-15-13-24/h3-9,16H,2,10-15H2,1H3,(H,23,26). The summed E-state index contributed by atoms with van der Waals surface area (Å²) in [6, 6.07) is 12.9.